The zero-order valence-corrected chi connectivity index (χ0v) is 20.4. The van der Waals surface area contributed by atoms with E-state index in [-0.39, 0.29) is 29.8 Å². The third-order valence-corrected chi connectivity index (χ3v) is 6.19. The number of carbonyl (C=O) groups is 1. The maximum absolute atomic E-state index is 13.3. The van der Waals surface area contributed by atoms with Crippen molar-refractivity contribution in [2.45, 2.75) is 53.5 Å². The average molecular weight is 470 g/mol. The molecule has 0 radical (unpaired) electrons. The number of aromatic amines is 1. The normalized spacial score (nSPS) is 11.2. The van der Waals surface area contributed by atoms with Crippen LogP contribution < -0.4 is 21.9 Å². The fourth-order valence-electron chi connectivity index (χ4n) is 3.53. The molecular formula is C24H31N5O3S. The number of aryl methyl sites for hydroxylation is 1. The Morgan fingerprint density at radius 3 is 2.58 bits per heavy atom. The predicted octanol–water partition coefficient (Wildman–Crippen LogP) is 3.58. The minimum Gasteiger partial charge on any atom is -0.383 e. The van der Waals surface area contributed by atoms with Gasteiger partial charge in [0.15, 0.2) is 5.69 Å². The van der Waals surface area contributed by atoms with Crippen molar-refractivity contribution in [1.29, 1.82) is 0 Å². The van der Waals surface area contributed by atoms with E-state index in [1.165, 1.54) is 26.4 Å². The van der Waals surface area contributed by atoms with Gasteiger partial charge in [-0.2, -0.15) is 0 Å². The molecular weight excluding hydrogens is 438 g/mol. The number of H-pyrrole nitrogens is 1. The molecule has 0 saturated carbocycles. The summed E-state index contributed by atoms with van der Waals surface area (Å²) in [6.07, 6.45) is 1.56. The number of amides is 1. The second kappa shape index (κ2) is 10.6. The van der Waals surface area contributed by atoms with Gasteiger partial charge in [-0.1, -0.05) is 57.0 Å². The minimum atomic E-state index is -0.652. The standard InChI is InChI=1S/C24H31N5O3S/c1-5-6-11-28(20-21(25)29(13-15(2)3)24(32)27-22(20)31)19(30)12-18-14-33-23(26-18)17-9-7-16(4)8-10-17/h7-10,14-15H,5-6,11-13,25H2,1-4H3,(H,27,31,32). The third-order valence-electron chi connectivity index (χ3n) is 5.25. The Kier molecular flexibility index (Phi) is 7.86. The molecule has 3 rings (SSSR count). The fourth-order valence-corrected chi connectivity index (χ4v) is 4.36. The maximum Gasteiger partial charge on any atom is 0.330 e. The first kappa shape index (κ1) is 24.4. The predicted molar refractivity (Wildman–Crippen MR) is 134 cm³/mol. The minimum absolute atomic E-state index is 0.0144. The molecule has 0 unspecified atom stereocenters. The monoisotopic (exact) mass is 469 g/mol. The number of nitrogen functional groups attached to an aromatic ring is 1. The molecule has 2 aromatic heterocycles. The molecule has 3 N–H and O–H groups in total. The third kappa shape index (κ3) is 5.78. The first-order valence-corrected chi connectivity index (χ1v) is 12.0. The SMILES string of the molecule is CCCCN(C(=O)Cc1csc(-c2ccc(C)cc2)n1)c1c(N)n(CC(C)C)c(=O)[nH]c1=O. The number of nitrogens with two attached hydrogens (primary N) is 1. The van der Waals surface area contributed by atoms with Crippen LogP contribution >= 0.6 is 11.3 Å². The molecule has 3 aromatic rings. The summed E-state index contributed by atoms with van der Waals surface area (Å²) in [6, 6.07) is 8.06. The molecule has 0 bridgehead atoms. The zero-order chi connectivity index (χ0) is 24.1. The summed E-state index contributed by atoms with van der Waals surface area (Å²) in [7, 11) is 0. The molecule has 176 valence electrons. The Hall–Kier alpha value is -3.20. The molecule has 0 fully saturated rings. The molecule has 0 aliphatic heterocycles. The molecule has 0 aliphatic carbocycles. The van der Waals surface area contributed by atoms with Crippen LogP contribution in [0.3, 0.4) is 0 Å². The first-order chi connectivity index (χ1) is 15.7. The number of carbonyl (C=O) groups excluding carboxylic acids is 1. The van der Waals surface area contributed by atoms with Gasteiger partial charge >= 0.3 is 5.69 Å². The molecule has 2 heterocycles. The zero-order valence-electron chi connectivity index (χ0n) is 19.6. The largest absolute Gasteiger partial charge is 0.383 e. The van der Waals surface area contributed by atoms with Gasteiger partial charge in [-0.05, 0) is 19.3 Å². The molecule has 0 atom stereocenters. The Bertz CT molecular complexity index is 1220. The number of thiazole rings is 1. The van der Waals surface area contributed by atoms with E-state index in [1.54, 1.807) is 0 Å². The van der Waals surface area contributed by atoms with Gasteiger partial charge in [0.05, 0.1) is 12.1 Å². The smallest absolute Gasteiger partial charge is 0.330 e. The average Bonchev–Trinajstić information content (AvgIpc) is 3.22. The van der Waals surface area contributed by atoms with Gasteiger partial charge in [0.1, 0.15) is 10.8 Å². The van der Waals surface area contributed by atoms with Crippen LogP contribution in [0.2, 0.25) is 0 Å². The van der Waals surface area contributed by atoms with Crippen molar-refractivity contribution in [3.8, 4) is 10.6 Å². The van der Waals surface area contributed by atoms with Gasteiger partial charge in [-0.25, -0.2) is 9.78 Å². The highest BCUT2D eigenvalue weighted by Crippen LogP contribution is 2.25. The van der Waals surface area contributed by atoms with Crippen molar-refractivity contribution < 1.29 is 4.79 Å². The summed E-state index contributed by atoms with van der Waals surface area (Å²) in [5, 5.41) is 2.69. The van der Waals surface area contributed by atoms with E-state index in [0.29, 0.717) is 25.2 Å². The number of nitrogens with zero attached hydrogens (tertiary/aromatic N) is 3. The summed E-state index contributed by atoms with van der Waals surface area (Å²) >= 11 is 1.47. The van der Waals surface area contributed by atoms with Crippen molar-refractivity contribution in [3.05, 3.63) is 61.7 Å². The van der Waals surface area contributed by atoms with Crippen LogP contribution in [0.15, 0.2) is 39.2 Å². The molecule has 8 nitrogen and oxygen atoms in total. The van der Waals surface area contributed by atoms with Crippen LogP contribution in [0.4, 0.5) is 11.5 Å². The first-order valence-electron chi connectivity index (χ1n) is 11.2. The Labute approximate surface area is 197 Å². The number of hydrogen-bond donors (Lipinski definition) is 2. The van der Waals surface area contributed by atoms with E-state index in [2.05, 4.69) is 9.97 Å². The van der Waals surface area contributed by atoms with Gasteiger partial charge in [-0.3, -0.25) is 19.1 Å². The quantitative estimate of drug-likeness (QED) is 0.497. The van der Waals surface area contributed by atoms with E-state index in [1.807, 2.05) is 57.3 Å². The lowest BCUT2D eigenvalue weighted by Crippen LogP contribution is -2.42. The van der Waals surface area contributed by atoms with Gasteiger partial charge in [0, 0.05) is 24.0 Å². The van der Waals surface area contributed by atoms with Crippen molar-refractivity contribution in [2.24, 2.45) is 5.92 Å². The summed E-state index contributed by atoms with van der Waals surface area (Å²) < 4.78 is 1.33. The molecule has 1 aromatic carbocycles. The van der Waals surface area contributed by atoms with Gasteiger partial charge in [0.25, 0.3) is 5.56 Å². The van der Waals surface area contributed by atoms with Crippen LogP contribution in [0.5, 0.6) is 0 Å². The lowest BCUT2D eigenvalue weighted by Gasteiger charge is -2.24. The molecule has 0 spiro atoms. The number of hydrogen-bond acceptors (Lipinski definition) is 6. The summed E-state index contributed by atoms with van der Waals surface area (Å²) in [6.45, 7) is 8.60. The summed E-state index contributed by atoms with van der Waals surface area (Å²) in [5.41, 5.74) is 7.87. The van der Waals surface area contributed by atoms with Crippen molar-refractivity contribution in [3.63, 3.8) is 0 Å². The Morgan fingerprint density at radius 1 is 1.24 bits per heavy atom. The Balaban J connectivity index is 1.92. The highest BCUT2D eigenvalue weighted by Gasteiger charge is 2.25. The van der Waals surface area contributed by atoms with E-state index in [4.69, 9.17) is 5.73 Å². The molecule has 0 aliphatic rings. The van der Waals surface area contributed by atoms with Crippen LogP contribution in [-0.2, 0) is 17.8 Å². The number of nitrogens with one attached hydrogen (secondary N) is 1. The van der Waals surface area contributed by atoms with Crippen LogP contribution in [0, 0.1) is 12.8 Å². The summed E-state index contributed by atoms with van der Waals surface area (Å²) in [5.74, 6) is -0.129. The van der Waals surface area contributed by atoms with Crippen molar-refractivity contribution in [2.75, 3.05) is 17.2 Å². The van der Waals surface area contributed by atoms with Crippen molar-refractivity contribution in [1.82, 2.24) is 14.5 Å². The number of anilines is 2. The van der Waals surface area contributed by atoms with Gasteiger partial charge in [0.2, 0.25) is 5.91 Å². The van der Waals surface area contributed by atoms with Crippen LogP contribution in [0.25, 0.3) is 10.6 Å². The van der Waals surface area contributed by atoms with E-state index in [0.717, 1.165) is 17.0 Å². The maximum atomic E-state index is 13.3. The topological polar surface area (TPSA) is 114 Å². The molecule has 1 amide bonds. The second-order valence-corrected chi connectivity index (χ2v) is 9.44. The second-order valence-electron chi connectivity index (χ2n) is 8.58. The lowest BCUT2D eigenvalue weighted by molar-refractivity contribution is -0.118. The number of aromatic nitrogens is 3. The van der Waals surface area contributed by atoms with Crippen LogP contribution in [0.1, 0.15) is 44.9 Å². The number of unbranched alkanes of at least 4 members (excludes halogenated alkanes) is 1. The number of benzene rings is 1. The van der Waals surface area contributed by atoms with E-state index >= 15 is 0 Å². The Morgan fingerprint density at radius 2 is 1.94 bits per heavy atom. The molecule has 0 saturated heterocycles. The lowest BCUT2D eigenvalue weighted by atomic mass is 10.1. The van der Waals surface area contributed by atoms with E-state index < -0.39 is 11.2 Å². The number of rotatable bonds is 9. The molecule has 9 heteroatoms. The van der Waals surface area contributed by atoms with Gasteiger partial charge < -0.3 is 10.6 Å². The van der Waals surface area contributed by atoms with Crippen LogP contribution in [-0.4, -0.2) is 27.0 Å². The summed E-state index contributed by atoms with van der Waals surface area (Å²) in [4.78, 5) is 46.7. The molecule has 33 heavy (non-hydrogen) atoms. The fraction of sp³-hybridized carbons (Fsp3) is 0.417. The van der Waals surface area contributed by atoms with Crippen molar-refractivity contribution >= 4 is 28.7 Å². The highest BCUT2D eigenvalue weighted by molar-refractivity contribution is 7.13. The highest BCUT2D eigenvalue weighted by atomic mass is 32.1. The van der Waals surface area contributed by atoms with E-state index in [9.17, 15) is 14.4 Å². The van der Waals surface area contributed by atoms with Gasteiger partial charge in [-0.15, -0.1) is 11.3 Å².